The molecule has 0 spiro atoms. The minimum atomic E-state index is -0.908. The van der Waals surface area contributed by atoms with Crippen LogP contribution in [0.15, 0.2) is 0 Å². The third-order valence-corrected chi connectivity index (χ3v) is 6.36. The molecule has 4 rings (SSSR count). The van der Waals surface area contributed by atoms with Crippen LogP contribution in [0.25, 0.3) is 0 Å². The van der Waals surface area contributed by atoms with E-state index in [9.17, 15) is 20.1 Å². The van der Waals surface area contributed by atoms with Crippen LogP contribution in [0.5, 0.6) is 0 Å². The number of esters is 1. The number of carbonyl (C=O) groups excluding carboxylic acids is 1. The summed E-state index contributed by atoms with van der Waals surface area (Å²) in [4.78, 5) is 12.7. The molecule has 5 heteroatoms. The first-order chi connectivity index (χ1) is 10.2. The summed E-state index contributed by atoms with van der Waals surface area (Å²) in [5, 5.41) is 31.1. The van der Waals surface area contributed by atoms with E-state index >= 15 is 0 Å². The second-order valence-corrected chi connectivity index (χ2v) is 8.18. The Hall–Kier alpha value is -0.650. The number of rotatable bonds is 5. The van der Waals surface area contributed by atoms with Gasteiger partial charge in [-0.3, -0.25) is 4.79 Å². The Morgan fingerprint density at radius 1 is 1.09 bits per heavy atom. The fraction of sp³-hybridized carbons (Fsp3) is 0.941. The van der Waals surface area contributed by atoms with Gasteiger partial charge in [-0.05, 0) is 38.0 Å². The molecule has 4 aliphatic carbocycles. The van der Waals surface area contributed by atoms with Gasteiger partial charge in [0.05, 0.1) is 23.2 Å². The zero-order chi connectivity index (χ0) is 16.2. The van der Waals surface area contributed by atoms with E-state index in [1.54, 1.807) is 0 Å². The SMILES string of the molecule is CCC(CC)(CO)C(=O)OC12CC3CC(O)(CC(O)(C3)C1)C2. The van der Waals surface area contributed by atoms with Crippen LogP contribution in [0, 0.1) is 11.3 Å². The molecule has 22 heavy (non-hydrogen) atoms. The van der Waals surface area contributed by atoms with Gasteiger partial charge in [-0.25, -0.2) is 0 Å². The molecule has 4 aliphatic rings. The van der Waals surface area contributed by atoms with Gasteiger partial charge in [-0.1, -0.05) is 13.8 Å². The van der Waals surface area contributed by atoms with E-state index in [0.717, 1.165) is 6.42 Å². The lowest BCUT2D eigenvalue weighted by atomic mass is 9.50. The van der Waals surface area contributed by atoms with Crippen LogP contribution in [0.3, 0.4) is 0 Å². The summed E-state index contributed by atoms with van der Waals surface area (Å²) in [5.41, 5.74) is -3.44. The van der Waals surface area contributed by atoms with Crippen LogP contribution >= 0.6 is 0 Å². The number of ether oxygens (including phenoxy) is 1. The van der Waals surface area contributed by atoms with Crippen molar-refractivity contribution < 1.29 is 24.9 Å². The van der Waals surface area contributed by atoms with Gasteiger partial charge >= 0.3 is 5.97 Å². The molecule has 0 aromatic rings. The van der Waals surface area contributed by atoms with E-state index in [1.165, 1.54) is 0 Å². The smallest absolute Gasteiger partial charge is 0.314 e. The molecule has 0 aromatic carbocycles. The number of carbonyl (C=O) groups is 1. The highest BCUT2D eigenvalue weighted by Gasteiger charge is 2.65. The number of aliphatic hydroxyl groups is 3. The monoisotopic (exact) mass is 312 g/mol. The average Bonchev–Trinajstić information content (AvgIpc) is 2.36. The van der Waals surface area contributed by atoms with Crippen LogP contribution in [0.2, 0.25) is 0 Å². The lowest BCUT2D eigenvalue weighted by Crippen LogP contribution is -2.67. The molecular weight excluding hydrogens is 284 g/mol. The summed E-state index contributed by atoms with van der Waals surface area (Å²) in [6.07, 6.45) is 4.38. The van der Waals surface area contributed by atoms with Gasteiger partial charge in [0.25, 0.3) is 0 Å². The molecule has 0 saturated heterocycles. The summed E-state index contributed by atoms with van der Waals surface area (Å²) >= 11 is 0. The van der Waals surface area contributed by atoms with E-state index in [1.807, 2.05) is 13.8 Å². The summed E-state index contributed by atoms with van der Waals surface area (Å²) in [7, 11) is 0. The van der Waals surface area contributed by atoms with Crippen molar-refractivity contribution in [1.82, 2.24) is 0 Å². The Bertz CT molecular complexity index is 443. The highest BCUT2D eigenvalue weighted by molar-refractivity contribution is 5.77. The third-order valence-electron chi connectivity index (χ3n) is 6.36. The molecule has 126 valence electrons. The fourth-order valence-corrected chi connectivity index (χ4v) is 5.50. The topological polar surface area (TPSA) is 87.0 Å². The van der Waals surface area contributed by atoms with Crippen LogP contribution in [0.1, 0.15) is 65.2 Å². The first kappa shape index (κ1) is 16.2. The van der Waals surface area contributed by atoms with E-state index in [4.69, 9.17) is 4.74 Å². The number of hydrogen-bond acceptors (Lipinski definition) is 5. The second-order valence-electron chi connectivity index (χ2n) is 8.18. The third kappa shape index (κ3) is 2.38. The van der Waals surface area contributed by atoms with Gasteiger partial charge in [0.2, 0.25) is 0 Å². The van der Waals surface area contributed by atoms with Crippen LogP contribution in [-0.4, -0.2) is 44.7 Å². The fourth-order valence-electron chi connectivity index (χ4n) is 5.50. The van der Waals surface area contributed by atoms with Crippen molar-refractivity contribution >= 4 is 5.97 Å². The van der Waals surface area contributed by atoms with Crippen molar-refractivity contribution in [3.8, 4) is 0 Å². The zero-order valence-electron chi connectivity index (χ0n) is 13.6. The van der Waals surface area contributed by atoms with Gasteiger partial charge < -0.3 is 20.1 Å². The van der Waals surface area contributed by atoms with Gasteiger partial charge in [0.1, 0.15) is 5.60 Å². The predicted molar refractivity (Wildman–Crippen MR) is 80.0 cm³/mol. The van der Waals surface area contributed by atoms with E-state index in [2.05, 4.69) is 0 Å². The van der Waals surface area contributed by atoms with E-state index < -0.39 is 22.2 Å². The van der Waals surface area contributed by atoms with Crippen molar-refractivity contribution in [3.63, 3.8) is 0 Å². The van der Waals surface area contributed by atoms with E-state index in [0.29, 0.717) is 44.9 Å². The Morgan fingerprint density at radius 3 is 2.05 bits per heavy atom. The molecule has 0 aliphatic heterocycles. The molecule has 2 unspecified atom stereocenters. The maximum atomic E-state index is 12.7. The minimum Gasteiger partial charge on any atom is -0.458 e. The second kappa shape index (κ2) is 4.92. The standard InChI is InChI=1S/C17H28O5/c1-3-14(4-2,11-18)13(19)22-17-7-12-5-15(20,9-17)8-16(21,6-12)10-17/h12,18,20-21H,3-11H2,1-2H3. The number of aliphatic hydroxyl groups excluding tert-OH is 1. The maximum Gasteiger partial charge on any atom is 0.314 e. The van der Waals surface area contributed by atoms with Crippen molar-refractivity contribution in [2.24, 2.45) is 11.3 Å². The van der Waals surface area contributed by atoms with Crippen LogP contribution in [0.4, 0.5) is 0 Å². The molecule has 4 fully saturated rings. The van der Waals surface area contributed by atoms with Crippen LogP contribution in [-0.2, 0) is 9.53 Å². The van der Waals surface area contributed by atoms with Crippen molar-refractivity contribution in [1.29, 1.82) is 0 Å². The van der Waals surface area contributed by atoms with E-state index in [-0.39, 0.29) is 18.5 Å². The Balaban J connectivity index is 1.84. The highest BCUT2D eigenvalue weighted by atomic mass is 16.6. The quantitative estimate of drug-likeness (QED) is 0.670. The van der Waals surface area contributed by atoms with Gasteiger partial charge in [0.15, 0.2) is 0 Å². The molecule has 5 nitrogen and oxygen atoms in total. The first-order valence-electron chi connectivity index (χ1n) is 8.51. The molecule has 0 aromatic heterocycles. The summed E-state index contributed by atoms with van der Waals surface area (Å²) in [6, 6.07) is 0. The summed E-state index contributed by atoms with van der Waals surface area (Å²) in [5.74, 6) is -0.167. The van der Waals surface area contributed by atoms with Gasteiger partial charge in [-0.2, -0.15) is 0 Å². The largest absolute Gasteiger partial charge is 0.458 e. The average molecular weight is 312 g/mol. The predicted octanol–water partition coefficient (Wildman–Crippen LogP) is 1.53. The normalized spacial score (nSPS) is 43.4. The molecular formula is C17H28O5. The first-order valence-corrected chi connectivity index (χ1v) is 8.51. The molecule has 2 atom stereocenters. The Morgan fingerprint density at radius 2 is 1.64 bits per heavy atom. The number of hydrogen-bond donors (Lipinski definition) is 3. The summed E-state index contributed by atoms with van der Waals surface area (Å²) in [6.45, 7) is 3.52. The molecule has 0 radical (unpaired) electrons. The maximum absolute atomic E-state index is 12.7. The van der Waals surface area contributed by atoms with Crippen LogP contribution < -0.4 is 0 Å². The van der Waals surface area contributed by atoms with Crippen molar-refractivity contribution in [2.75, 3.05) is 6.61 Å². The van der Waals surface area contributed by atoms with Gasteiger partial charge in [0, 0.05) is 19.3 Å². The molecule has 3 N–H and O–H groups in total. The van der Waals surface area contributed by atoms with Gasteiger partial charge in [-0.15, -0.1) is 0 Å². The molecule has 4 saturated carbocycles. The van der Waals surface area contributed by atoms with Crippen molar-refractivity contribution in [3.05, 3.63) is 0 Å². The molecule has 0 heterocycles. The minimum absolute atomic E-state index is 0.214. The Kier molecular flexibility index (Phi) is 3.63. The molecule has 4 bridgehead atoms. The Labute approximate surface area is 131 Å². The lowest BCUT2D eigenvalue weighted by Gasteiger charge is -2.62. The molecule has 0 amide bonds. The summed E-state index contributed by atoms with van der Waals surface area (Å²) < 4.78 is 5.90. The lowest BCUT2D eigenvalue weighted by molar-refractivity contribution is -0.265. The highest BCUT2D eigenvalue weighted by Crippen LogP contribution is 2.60. The zero-order valence-corrected chi connectivity index (χ0v) is 13.6. The van der Waals surface area contributed by atoms with Crippen molar-refractivity contribution in [2.45, 2.75) is 82.0 Å².